The molecule has 0 amide bonds. The number of aromatic nitrogens is 1. The van der Waals surface area contributed by atoms with Gasteiger partial charge in [-0.05, 0) is 36.4 Å². The van der Waals surface area contributed by atoms with Crippen LogP contribution in [0.4, 0.5) is 10.1 Å². The number of anilines is 1. The quantitative estimate of drug-likeness (QED) is 0.552. The highest BCUT2D eigenvalue weighted by Gasteiger charge is 2.17. The Morgan fingerprint density at radius 2 is 1.95 bits per heavy atom. The van der Waals surface area contributed by atoms with Crippen LogP contribution in [0.1, 0.15) is 15.9 Å². The number of H-pyrrole nitrogens is 1. The molecule has 0 aliphatic rings. The number of nitrogen functional groups attached to an aromatic ring is 1. The molecule has 1 aromatic heterocycles. The van der Waals surface area contributed by atoms with Crippen LogP contribution in [0.15, 0.2) is 47.1 Å². The lowest BCUT2D eigenvalue weighted by Crippen LogP contribution is -2.02. The fourth-order valence-electron chi connectivity index (χ4n) is 2.14. The topological polar surface area (TPSA) is 58.9 Å². The third-order valence-electron chi connectivity index (χ3n) is 3.12. The predicted molar refractivity (Wildman–Crippen MR) is 80.2 cm³/mol. The van der Waals surface area contributed by atoms with Crippen LogP contribution in [0.2, 0.25) is 0 Å². The minimum absolute atomic E-state index is 0.207. The molecule has 0 radical (unpaired) electrons. The summed E-state index contributed by atoms with van der Waals surface area (Å²) in [5.74, 6) is -0.584. The van der Waals surface area contributed by atoms with Crippen molar-refractivity contribution < 1.29 is 9.18 Å². The Hall–Kier alpha value is -2.14. The standard InChI is InChI=1S/C15H10BrFN2O/c16-13-3-2-9(18)6-11(13)15(20)12-7-19-14-4-1-8(17)5-10(12)14/h1-7,19H,18H2. The lowest BCUT2D eigenvalue weighted by atomic mass is 10.0. The summed E-state index contributed by atoms with van der Waals surface area (Å²) >= 11 is 3.33. The smallest absolute Gasteiger partial charge is 0.196 e. The molecule has 0 saturated heterocycles. The maximum absolute atomic E-state index is 13.3. The molecular weight excluding hydrogens is 323 g/mol. The Morgan fingerprint density at radius 1 is 1.15 bits per heavy atom. The van der Waals surface area contributed by atoms with Crippen molar-refractivity contribution in [2.24, 2.45) is 0 Å². The van der Waals surface area contributed by atoms with E-state index in [4.69, 9.17) is 5.73 Å². The van der Waals surface area contributed by atoms with Gasteiger partial charge in [0.15, 0.2) is 5.78 Å². The van der Waals surface area contributed by atoms with Crippen molar-refractivity contribution in [1.82, 2.24) is 4.98 Å². The SMILES string of the molecule is Nc1ccc(Br)c(C(=O)c2c[nH]c3ccc(F)cc23)c1. The second-order valence-corrected chi connectivity index (χ2v) is 5.32. The summed E-state index contributed by atoms with van der Waals surface area (Å²) in [4.78, 5) is 15.5. The van der Waals surface area contributed by atoms with Crippen molar-refractivity contribution in [3.63, 3.8) is 0 Å². The van der Waals surface area contributed by atoms with Crippen LogP contribution in [-0.2, 0) is 0 Å². The first kappa shape index (κ1) is 12.9. The van der Waals surface area contributed by atoms with Crippen LogP contribution < -0.4 is 5.73 Å². The van der Waals surface area contributed by atoms with E-state index < -0.39 is 0 Å². The second-order valence-electron chi connectivity index (χ2n) is 4.46. The Kier molecular flexibility index (Phi) is 3.06. The monoisotopic (exact) mass is 332 g/mol. The Balaban J connectivity index is 2.17. The lowest BCUT2D eigenvalue weighted by Gasteiger charge is -2.04. The Bertz CT molecular complexity index is 826. The molecule has 3 nitrogen and oxygen atoms in total. The van der Waals surface area contributed by atoms with E-state index in [0.717, 1.165) is 5.52 Å². The van der Waals surface area contributed by atoms with Gasteiger partial charge in [0.05, 0.1) is 0 Å². The number of halogens is 2. The van der Waals surface area contributed by atoms with Crippen LogP contribution in [-0.4, -0.2) is 10.8 Å². The fraction of sp³-hybridized carbons (Fsp3) is 0. The zero-order valence-corrected chi connectivity index (χ0v) is 11.9. The summed E-state index contributed by atoms with van der Waals surface area (Å²) in [5, 5.41) is 0.560. The number of hydrogen-bond donors (Lipinski definition) is 2. The second kappa shape index (κ2) is 4.76. The highest BCUT2D eigenvalue weighted by atomic mass is 79.9. The van der Waals surface area contributed by atoms with Crippen molar-refractivity contribution in [3.05, 3.63) is 64.0 Å². The maximum atomic E-state index is 13.3. The number of benzene rings is 2. The maximum Gasteiger partial charge on any atom is 0.196 e. The van der Waals surface area contributed by atoms with Gasteiger partial charge in [-0.2, -0.15) is 0 Å². The van der Waals surface area contributed by atoms with E-state index in [9.17, 15) is 9.18 Å². The summed E-state index contributed by atoms with van der Waals surface area (Å²) in [5.41, 5.74) is 7.81. The molecule has 0 aliphatic heterocycles. The third kappa shape index (κ3) is 2.10. The van der Waals surface area contributed by atoms with E-state index in [-0.39, 0.29) is 11.6 Å². The Labute approximate surface area is 122 Å². The first-order valence-corrected chi connectivity index (χ1v) is 6.72. The minimum Gasteiger partial charge on any atom is -0.399 e. The first-order valence-electron chi connectivity index (χ1n) is 5.92. The highest BCUT2D eigenvalue weighted by Crippen LogP contribution is 2.26. The zero-order valence-electron chi connectivity index (χ0n) is 10.3. The van der Waals surface area contributed by atoms with Crippen LogP contribution in [0.25, 0.3) is 10.9 Å². The number of aromatic amines is 1. The van der Waals surface area contributed by atoms with Crippen LogP contribution in [0.5, 0.6) is 0 Å². The lowest BCUT2D eigenvalue weighted by molar-refractivity contribution is 0.103. The third-order valence-corrected chi connectivity index (χ3v) is 3.81. The molecule has 3 N–H and O–H groups in total. The molecule has 0 spiro atoms. The summed E-state index contributed by atoms with van der Waals surface area (Å²) < 4.78 is 14.0. The summed E-state index contributed by atoms with van der Waals surface area (Å²) in [6, 6.07) is 9.33. The number of rotatable bonds is 2. The molecule has 1 heterocycles. The average Bonchev–Trinajstić information content (AvgIpc) is 2.83. The van der Waals surface area contributed by atoms with E-state index >= 15 is 0 Å². The molecular formula is C15H10BrFN2O. The van der Waals surface area contributed by atoms with Gasteiger partial charge in [-0.3, -0.25) is 4.79 Å². The van der Waals surface area contributed by atoms with Crippen molar-refractivity contribution in [2.75, 3.05) is 5.73 Å². The van der Waals surface area contributed by atoms with Gasteiger partial charge >= 0.3 is 0 Å². The molecule has 0 bridgehead atoms. The number of hydrogen-bond acceptors (Lipinski definition) is 2. The van der Waals surface area contributed by atoms with E-state index in [2.05, 4.69) is 20.9 Å². The largest absolute Gasteiger partial charge is 0.399 e. The summed E-state index contributed by atoms with van der Waals surface area (Å²) in [6.45, 7) is 0. The van der Waals surface area contributed by atoms with Gasteiger partial charge in [0, 0.05) is 38.4 Å². The van der Waals surface area contributed by atoms with Gasteiger partial charge < -0.3 is 10.7 Å². The number of ketones is 1. The first-order chi connectivity index (χ1) is 9.56. The van der Waals surface area contributed by atoms with Gasteiger partial charge in [0.1, 0.15) is 5.82 Å². The molecule has 0 saturated carbocycles. The van der Waals surface area contributed by atoms with Crippen molar-refractivity contribution in [3.8, 4) is 0 Å². The van der Waals surface area contributed by atoms with Gasteiger partial charge in [-0.25, -0.2) is 4.39 Å². The predicted octanol–water partition coefficient (Wildman–Crippen LogP) is 3.88. The number of carbonyl (C=O) groups is 1. The number of carbonyl (C=O) groups excluding carboxylic acids is 1. The number of nitrogens with two attached hydrogens (primary N) is 1. The van der Waals surface area contributed by atoms with E-state index in [1.165, 1.54) is 12.1 Å². The average molecular weight is 333 g/mol. The Morgan fingerprint density at radius 3 is 2.75 bits per heavy atom. The van der Waals surface area contributed by atoms with Gasteiger partial charge in [-0.15, -0.1) is 0 Å². The minimum atomic E-state index is -0.377. The number of fused-ring (bicyclic) bond motifs is 1. The van der Waals surface area contributed by atoms with E-state index in [1.807, 2.05) is 0 Å². The molecule has 5 heteroatoms. The normalized spacial score (nSPS) is 10.9. The van der Waals surface area contributed by atoms with Gasteiger partial charge in [0.25, 0.3) is 0 Å². The summed E-state index contributed by atoms with van der Waals surface area (Å²) in [7, 11) is 0. The van der Waals surface area contributed by atoms with Crippen LogP contribution in [0.3, 0.4) is 0 Å². The fourth-order valence-corrected chi connectivity index (χ4v) is 2.57. The van der Waals surface area contributed by atoms with Crippen molar-refractivity contribution >= 4 is 38.3 Å². The van der Waals surface area contributed by atoms with Crippen LogP contribution >= 0.6 is 15.9 Å². The molecule has 0 unspecified atom stereocenters. The molecule has 100 valence electrons. The highest BCUT2D eigenvalue weighted by molar-refractivity contribution is 9.10. The molecule has 20 heavy (non-hydrogen) atoms. The zero-order chi connectivity index (χ0) is 14.3. The molecule has 3 rings (SSSR count). The molecule has 0 atom stereocenters. The molecule has 2 aromatic carbocycles. The molecule has 0 aliphatic carbocycles. The van der Waals surface area contributed by atoms with Gasteiger partial charge in [0.2, 0.25) is 0 Å². The van der Waals surface area contributed by atoms with E-state index in [1.54, 1.807) is 30.5 Å². The van der Waals surface area contributed by atoms with Gasteiger partial charge in [-0.1, -0.05) is 15.9 Å². The molecule has 0 fully saturated rings. The van der Waals surface area contributed by atoms with Crippen molar-refractivity contribution in [2.45, 2.75) is 0 Å². The van der Waals surface area contributed by atoms with E-state index in [0.29, 0.717) is 26.7 Å². The summed E-state index contributed by atoms with van der Waals surface area (Å²) in [6.07, 6.45) is 1.59. The molecule has 3 aromatic rings. The van der Waals surface area contributed by atoms with Crippen molar-refractivity contribution in [1.29, 1.82) is 0 Å². The van der Waals surface area contributed by atoms with Crippen LogP contribution in [0, 0.1) is 5.82 Å². The number of nitrogens with one attached hydrogen (secondary N) is 1.